The first-order valence-corrected chi connectivity index (χ1v) is 7.37. The van der Waals surface area contributed by atoms with E-state index in [0.29, 0.717) is 19.1 Å². The fraction of sp³-hybridized carbons (Fsp3) is 0.353. The zero-order chi connectivity index (χ0) is 15.6. The topological polar surface area (TPSA) is 52.6 Å². The summed E-state index contributed by atoms with van der Waals surface area (Å²) < 4.78 is 16.4. The van der Waals surface area contributed by atoms with Crippen molar-refractivity contribution in [3.63, 3.8) is 0 Å². The molecule has 1 aromatic carbocycles. The Labute approximate surface area is 131 Å². The molecule has 0 unspecified atom stereocenters. The largest absolute Gasteiger partial charge is 0.493 e. The van der Waals surface area contributed by atoms with Crippen LogP contribution in [0.5, 0.6) is 17.4 Å². The molecule has 2 aromatic rings. The molecule has 0 aliphatic rings. The predicted octanol–water partition coefficient (Wildman–Crippen LogP) is 2.66. The zero-order valence-electron chi connectivity index (χ0n) is 13.0. The molecule has 0 aliphatic heterocycles. The third kappa shape index (κ3) is 4.93. The van der Waals surface area contributed by atoms with Crippen LogP contribution in [0, 0.1) is 0 Å². The van der Waals surface area contributed by atoms with Gasteiger partial charge >= 0.3 is 0 Å². The highest BCUT2D eigenvalue weighted by molar-refractivity contribution is 5.42. The standard InChI is InChI=1S/C17H22N2O3/c1-3-21-16-12-14(7-8-15(16)20-2)13-18-10-11-22-17-6-4-5-9-19-17/h4-9,12,18H,3,10-11,13H2,1-2H3. The van der Waals surface area contributed by atoms with Crippen LogP contribution in [0.3, 0.4) is 0 Å². The first kappa shape index (κ1) is 16.1. The number of methoxy groups -OCH3 is 1. The summed E-state index contributed by atoms with van der Waals surface area (Å²) in [5.41, 5.74) is 1.14. The van der Waals surface area contributed by atoms with E-state index >= 15 is 0 Å². The van der Waals surface area contributed by atoms with Crippen molar-refractivity contribution in [2.75, 3.05) is 26.9 Å². The summed E-state index contributed by atoms with van der Waals surface area (Å²) in [5, 5.41) is 3.33. The second-order valence-electron chi connectivity index (χ2n) is 4.61. The Kier molecular flexibility index (Phi) is 6.51. The van der Waals surface area contributed by atoms with Crippen molar-refractivity contribution in [3.8, 4) is 17.4 Å². The molecule has 1 heterocycles. The molecule has 1 N–H and O–H groups in total. The third-order valence-electron chi connectivity index (χ3n) is 3.02. The SMILES string of the molecule is CCOc1cc(CNCCOc2ccccn2)ccc1OC. The van der Waals surface area contributed by atoms with Crippen LogP contribution in [0.2, 0.25) is 0 Å². The summed E-state index contributed by atoms with van der Waals surface area (Å²) in [4.78, 5) is 4.11. The highest BCUT2D eigenvalue weighted by Gasteiger charge is 2.05. The molecule has 22 heavy (non-hydrogen) atoms. The molecule has 0 saturated carbocycles. The molecule has 0 bridgehead atoms. The lowest BCUT2D eigenvalue weighted by molar-refractivity contribution is 0.301. The van der Waals surface area contributed by atoms with Crippen molar-refractivity contribution < 1.29 is 14.2 Å². The minimum atomic E-state index is 0.575. The molecular formula is C17H22N2O3. The monoisotopic (exact) mass is 302 g/mol. The van der Waals surface area contributed by atoms with Crippen LogP contribution in [0.25, 0.3) is 0 Å². The minimum Gasteiger partial charge on any atom is -0.493 e. The van der Waals surface area contributed by atoms with Gasteiger partial charge in [0.15, 0.2) is 11.5 Å². The summed E-state index contributed by atoms with van der Waals surface area (Å²) in [6, 6.07) is 11.6. The van der Waals surface area contributed by atoms with Gasteiger partial charge in [0.1, 0.15) is 6.61 Å². The van der Waals surface area contributed by atoms with E-state index in [2.05, 4.69) is 10.3 Å². The lowest BCUT2D eigenvalue weighted by Gasteiger charge is -2.12. The van der Waals surface area contributed by atoms with Gasteiger partial charge in [-0.05, 0) is 30.7 Å². The van der Waals surface area contributed by atoms with Crippen molar-refractivity contribution in [3.05, 3.63) is 48.2 Å². The maximum atomic E-state index is 5.57. The van der Waals surface area contributed by atoms with Crippen LogP contribution in [0.15, 0.2) is 42.6 Å². The number of ether oxygens (including phenoxy) is 3. The Balaban J connectivity index is 1.75. The molecule has 2 rings (SSSR count). The van der Waals surface area contributed by atoms with Crippen molar-refractivity contribution in [2.45, 2.75) is 13.5 Å². The van der Waals surface area contributed by atoms with E-state index in [1.807, 2.05) is 43.3 Å². The number of aromatic nitrogens is 1. The first-order valence-electron chi connectivity index (χ1n) is 7.37. The number of nitrogens with zero attached hydrogens (tertiary/aromatic N) is 1. The zero-order valence-corrected chi connectivity index (χ0v) is 13.0. The summed E-state index contributed by atoms with van der Waals surface area (Å²) in [5.74, 6) is 2.17. The summed E-state index contributed by atoms with van der Waals surface area (Å²) in [6.07, 6.45) is 1.72. The Morgan fingerprint density at radius 1 is 1.09 bits per heavy atom. The minimum absolute atomic E-state index is 0.575. The Hall–Kier alpha value is -2.27. The highest BCUT2D eigenvalue weighted by atomic mass is 16.5. The summed E-state index contributed by atoms with van der Waals surface area (Å²) in [6.45, 7) is 4.64. The predicted molar refractivity (Wildman–Crippen MR) is 85.6 cm³/mol. The molecule has 0 spiro atoms. The summed E-state index contributed by atoms with van der Waals surface area (Å²) >= 11 is 0. The average Bonchev–Trinajstić information content (AvgIpc) is 2.56. The van der Waals surface area contributed by atoms with Gasteiger partial charge in [-0.15, -0.1) is 0 Å². The Morgan fingerprint density at radius 3 is 2.73 bits per heavy atom. The van der Waals surface area contributed by atoms with Gasteiger partial charge in [-0.25, -0.2) is 4.98 Å². The van der Waals surface area contributed by atoms with Gasteiger partial charge in [0.2, 0.25) is 5.88 Å². The molecule has 0 aliphatic carbocycles. The van der Waals surface area contributed by atoms with Crippen molar-refractivity contribution in [2.24, 2.45) is 0 Å². The van der Waals surface area contributed by atoms with Crippen molar-refractivity contribution in [1.82, 2.24) is 10.3 Å². The van der Waals surface area contributed by atoms with Crippen LogP contribution < -0.4 is 19.5 Å². The molecule has 0 saturated heterocycles. The van der Waals surface area contributed by atoms with Crippen LogP contribution in [0.4, 0.5) is 0 Å². The van der Waals surface area contributed by atoms with Crippen LogP contribution in [-0.4, -0.2) is 31.9 Å². The quantitative estimate of drug-likeness (QED) is 0.722. The molecule has 0 fully saturated rings. The van der Waals surface area contributed by atoms with Crippen LogP contribution in [-0.2, 0) is 6.54 Å². The Bertz CT molecular complexity index is 561. The van der Waals surface area contributed by atoms with E-state index < -0.39 is 0 Å². The maximum absolute atomic E-state index is 5.57. The number of nitrogens with one attached hydrogen (secondary N) is 1. The van der Waals surface area contributed by atoms with Crippen molar-refractivity contribution >= 4 is 0 Å². The number of pyridine rings is 1. The fourth-order valence-electron chi connectivity index (χ4n) is 1.99. The van der Waals surface area contributed by atoms with E-state index in [0.717, 1.165) is 30.2 Å². The molecule has 0 amide bonds. The molecule has 5 heteroatoms. The number of hydrogen-bond acceptors (Lipinski definition) is 5. The van der Waals surface area contributed by atoms with Gasteiger partial charge in [-0.3, -0.25) is 0 Å². The van der Waals surface area contributed by atoms with E-state index in [1.54, 1.807) is 13.3 Å². The van der Waals surface area contributed by atoms with Gasteiger partial charge in [0.25, 0.3) is 0 Å². The molecule has 118 valence electrons. The third-order valence-corrected chi connectivity index (χ3v) is 3.02. The van der Waals surface area contributed by atoms with E-state index in [1.165, 1.54) is 0 Å². The Morgan fingerprint density at radius 2 is 2.00 bits per heavy atom. The number of benzene rings is 1. The second-order valence-corrected chi connectivity index (χ2v) is 4.61. The number of rotatable bonds is 9. The van der Waals surface area contributed by atoms with E-state index in [9.17, 15) is 0 Å². The second kappa shape index (κ2) is 8.89. The fourth-order valence-corrected chi connectivity index (χ4v) is 1.99. The lowest BCUT2D eigenvalue weighted by Crippen LogP contribution is -2.20. The summed E-state index contributed by atoms with van der Waals surface area (Å²) in [7, 11) is 1.64. The van der Waals surface area contributed by atoms with E-state index in [4.69, 9.17) is 14.2 Å². The maximum Gasteiger partial charge on any atom is 0.213 e. The van der Waals surface area contributed by atoms with Gasteiger partial charge in [-0.1, -0.05) is 12.1 Å². The first-order chi connectivity index (χ1) is 10.8. The molecule has 0 atom stereocenters. The van der Waals surface area contributed by atoms with Crippen molar-refractivity contribution in [1.29, 1.82) is 0 Å². The van der Waals surface area contributed by atoms with Gasteiger partial charge in [0, 0.05) is 25.4 Å². The smallest absolute Gasteiger partial charge is 0.213 e. The normalized spacial score (nSPS) is 10.3. The average molecular weight is 302 g/mol. The van der Waals surface area contributed by atoms with Gasteiger partial charge in [-0.2, -0.15) is 0 Å². The van der Waals surface area contributed by atoms with E-state index in [-0.39, 0.29) is 0 Å². The molecule has 5 nitrogen and oxygen atoms in total. The molecule has 1 aromatic heterocycles. The van der Waals surface area contributed by atoms with Gasteiger partial charge in [0.05, 0.1) is 13.7 Å². The van der Waals surface area contributed by atoms with Gasteiger partial charge < -0.3 is 19.5 Å². The molecule has 0 radical (unpaired) electrons. The van der Waals surface area contributed by atoms with Crippen LogP contribution >= 0.6 is 0 Å². The molecular weight excluding hydrogens is 280 g/mol. The van der Waals surface area contributed by atoms with Crippen LogP contribution in [0.1, 0.15) is 12.5 Å². The highest BCUT2D eigenvalue weighted by Crippen LogP contribution is 2.27. The lowest BCUT2D eigenvalue weighted by atomic mass is 10.2. The number of hydrogen-bond donors (Lipinski definition) is 1.